The molecule has 0 spiro atoms. The summed E-state index contributed by atoms with van der Waals surface area (Å²) in [7, 11) is 0. The van der Waals surface area contributed by atoms with E-state index in [0.29, 0.717) is 35.6 Å². The third-order valence-electron chi connectivity index (χ3n) is 5.93. The summed E-state index contributed by atoms with van der Waals surface area (Å²) in [5, 5.41) is 0. The van der Waals surface area contributed by atoms with Crippen LogP contribution < -0.4 is 4.90 Å². The van der Waals surface area contributed by atoms with Crippen LogP contribution in [0.1, 0.15) is 22.3 Å². The predicted molar refractivity (Wildman–Crippen MR) is 118 cm³/mol. The molecule has 5 rings (SSSR count). The molecule has 3 aromatic rings. The predicted octanol–water partition coefficient (Wildman–Crippen LogP) is 4.48. The first-order chi connectivity index (χ1) is 15.0. The van der Waals surface area contributed by atoms with Crippen molar-refractivity contribution in [3.63, 3.8) is 0 Å². The Morgan fingerprint density at radius 1 is 0.806 bits per heavy atom. The van der Waals surface area contributed by atoms with E-state index in [1.165, 1.54) is 22.6 Å². The maximum absolute atomic E-state index is 13.6. The molecule has 0 bridgehead atoms. The van der Waals surface area contributed by atoms with Gasteiger partial charge in [-0.05, 0) is 54.3 Å². The molecule has 0 unspecified atom stereocenters. The van der Waals surface area contributed by atoms with Crippen LogP contribution in [0.5, 0.6) is 0 Å². The lowest BCUT2D eigenvalue weighted by Gasteiger charge is -2.31. The number of benzene rings is 3. The Morgan fingerprint density at radius 3 is 2.19 bits per heavy atom. The van der Waals surface area contributed by atoms with Gasteiger partial charge in [0.1, 0.15) is 11.5 Å². The summed E-state index contributed by atoms with van der Waals surface area (Å²) in [5.74, 6) is -1.10. The molecular formula is C26H21FN2O2. The smallest absolute Gasteiger partial charge is 0.282 e. The molecule has 0 saturated carbocycles. The average molecular weight is 412 g/mol. The van der Waals surface area contributed by atoms with Crippen LogP contribution in [-0.2, 0) is 22.6 Å². The number of fused-ring (bicyclic) bond motifs is 1. The molecule has 2 aliphatic heterocycles. The highest BCUT2D eigenvalue weighted by Gasteiger charge is 2.43. The second-order valence-electron chi connectivity index (χ2n) is 7.95. The van der Waals surface area contributed by atoms with Gasteiger partial charge in [0.2, 0.25) is 0 Å². The molecule has 3 aromatic carbocycles. The van der Waals surface area contributed by atoms with Crippen molar-refractivity contribution in [2.24, 2.45) is 0 Å². The van der Waals surface area contributed by atoms with Crippen molar-refractivity contribution in [3.8, 4) is 0 Å². The fraction of sp³-hybridized carbons (Fsp3) is 0.154. The van der Waals surface area contributed by atoms with Crippen LogP contribution in [0.15, 0.2) is 78.5 Å². The van der Waals surface area contributed by atoms with E-state index in [4.69, 9.17) is 0 Å². The molecule has 0 aliphatic carbocycles. The van der Waals surface area contributed by atoms with E-state index in [1.54, 1.807) is 24.3 Å². The number of aryl methyl sites for hydroxylation is 1. The lowest BCUT2D eigenvalue weighted by Crippen LogP contribution is -2.37. The number of hydrogen-bond acceptors (Lipinski definition) is 3. The Hall–Kier alpha value is -3.73. The lowest BCUT2D eigenvalue weighted by atomic mass is 9.98. The summed E-state index contributed by atoms with van der Waals surface area (Å²) in [6, 6.07) is 21.2. The largest absolute Gasteiger partial charge is 0.362 e. The monoisotopic (exact) mass is 412 g/mol. The molecule has 4 nitrogen and oxygen atoms in total. The van der Waals surface area contributed by atoms with E-state index in [0.717, 1.165) is 17.5 Å². The van der Waals surface area contributed by atoms with Crippen LogP contribution >= 0.6 is 0 Å². The van der Waals surface area contributed by atoms with Crippen LogP contribution in [0, 0.1) is 12.7 Å². The summed E-state index contributed by atoms with van der Waals surface area (Å²) in [6.45, 7) is 3.14. The van der Waals surface area contributed by atoms with E-state index in [-0.39, 0.29) is 17.6 Å². The maximum atomic E-state index is 13.6. The fourth-order valence-electron chi connectivity index (χ4n) is 4.30. The minimum absolute atomic E-state index is 0.324. The summed E-state index contributed by atoms with van der Waals surface area (Å²) >= 11 is 0. The standard InChI is InChI=1S/C26H21FN2O2/c1-17-6-12-22(13-7-17)29-25(30)23(19-8-10-21(27)11-9-19)24(26(29)31)28-15-14-18-4-2-3-5-20(18)16-28/h2-13H,14-16H2,1H3. The molecule has 0 saturated heterocycles. The van der Waals surface area contributed by atoms with Gasteiger partial charge in [0.25, 0.3) is 11.8 Å². The highest BCUT2D eigenvalue weighted by Crippen LogP contribution is 2.36. The van der Waals surface area contributed by atoms with Gasteiger partial charge in [-0.1, -0.05) is 54.1 Å². The first-order valence-electron chi connectivity index (χ1n) is 10.3. The molecule has 0 atom stereocenters. The van der Waals surface area contributed by atoms with Gasteiger partial charge in [-0.15, -0.1) is 0 Å². The summed E-state index contributed by atoms with van der Waals surface area (Å²) in [6.07, 6.45) is 0.794. The minimum atomic E-state index is -0.384. The number of carbonyl (C=O) groups is 2. The van der Waals surface area contributed by atoms with Crippen molar-refractivity contribution >= 4 is 23.1 Å². The second-order valence-corrected chi connectivity index (χ2v) is 7.95. The highest BCUT2D eigenvalue weighted by atomic mass is 19.1. The topological polar surface area (TPSA) is 40.6 Å². The van der Waals surface area contributed by atoms with Crippen molar-refractivity contribution in [2.75, 3.05) is 11.4 Å². The molecule has 31 heavy (non-hydrogen) atoms. The van der Waals surface area contributed by atoms with Crippen molar-refractivity contribution in [1.29, 1.82) is 0 Å². The first kappa shape index (κ1) is 19.2. The summed E-state index contributed by atoms with van der Waals surface area (Å²) in [5.41, 5.74) is 5.23. The number of hydrogen-bond donors (Lipinski definition) is 0. The minimum Gasteiger partial charge on any atom is -0.362 e. The molecule has 154 valence electrons. The number of nitrogens with zero attached hydrogens (tertiary/aromatic N) is 2. The molecule has 2 amide bonds. The Balaban J connectivity index is 1.61. The zero-order valence-electron chi connectivity index (χ0n) is 17.1. The van der Waals surface area contributed by atoms with E-state index >= 15 is 0 Å². The number of anilines is 1. The Bertz CT molecular complexity index is 1210. The zero-order chi connectivity index (χ0) is 21.5. The van der Waals surface area contributed by atoms with Gasteiger partial charge in [0.05, 0.1) is 11.3 Å². The fourth-order valence-corrected chi connectivity index (χ4v) is 4.30. The Morgan fingerprint density at radius 2 is 1.48 bits per heavy atom. The van der Waals surface area contributed by atoms with Crippen LogP contribution in [-0.4, -0.2) is 23.3 Å². The van der Waals surface area contributed by atoms with Crippen molar-refractivity contribution in [2.45, 2.75) is 19.9 Å². The molecule has 0 fully saturated rings. The molecule has 0 radical (unpaired) electrons. The van der Waals surface area contributed by atoms with E-state index in [2.05, 4.69) is 12.1 Å². The van der Waals surface area contributed by atoms with Crippen molar-refractivity contribution in [3.05, 3.63) is 107 Å². The molecule has 2 aliphatic rings. The Labute approximate surface area is 180 Å². The van der Waals surface area contributed by atoms with Crippen molar-refractivity contribution < 1.29 is 14.0 Å². The van der Waals surface area contributed by atoms with Crippen LogP contribution in [0.4, 0.5) is 10.1 Å². The van der Waals surface area contributed by atoms with Crippen LogP contribution in [0.2, 0.25) is 0 Å². The SMILES string of the molecule is Cc1ccc(N2C(=O)C(c3ccc(F)cc3)=C(N3CCc4ccccc4C3)C2=O)cc1. The van der Waals surface area contributed by atoms with Crippen LogP contribution in [0.3, 0.4) is 0 Å². The summed E-state index contributed by atoms with van der Waals surface area (Å²) < 4.78 is 13.6. The molecular weight excluding hydrogens is 391 g/mol. The van der Waals surface area contributed by atoms with Gasteiger partial charge < -0.3 is 4.90 Å². The van der Waals surface area contributed by atoms with E-state index < -0.39 is 0 Å². The normalized spacial score (nSPS) is 16.2. The van der Waals surface area contributed by atoms with Crippen molar-refractivity contribution in [1.82, 2.24) is 4.90 Å². The van der Waals surface area contributed by atoms with Gasteiger partial charge >= 0.3 is 0 Å². The number of rotatable bonds is 3. The third kappa shape index (κ3) is 3.32. The lowest BCUT2D eigenvalue weighted by molar-refractivity contribution is -0.120. The van der Waals surface area contributed by atoms with E-state index in [1.807, 2.05) is 36.1 Å². The number of halogens is 1. The highest BCUT2D eigenvalue weighted by molar-refractivity contribution is 6.45. The average Bonchev–Trinajstić information content (AvgIpc) is 3.05. The van der Waals surface area contributed by atoms with Gasteiger partial charge in [-0.3, -0.25) is 9.59 Å². The third-order valence-corrected chi connectivity index (χ3v) is 5.93. The maximum Gasteiger partial charge on any atom is 0.282 e. The number of carbonyl (C=O) groups excluding carboxylic acids is 2. The quantitative estimate of drug-likeness (QED) is 0.596. The second kappa shape index (κ2) is 7.51. The molecule has 2 heterocycles. The number of imide groups is 1. The first-order valence-corrected chi connectivity index (χ1v) is 10.3. The molecule has 5 heteroatoms. The molecule has 0 N–H and O–H groups in total. The zero-order valence-corrected chi connectivity index (χ0v) is 17.1. The van der Waals surface area contributed by atoms with Gasteiger partial charge in [0.15, 0.2) is 0 Å². The van der Waals surface area contributed by atoms with Gasteiger partial charge in [0, 0.05) is 13.1 Å². The van der Waals surface area contributed by atoms with E-state index in [9.17, 15) is 14.0 Å². The summed E-state index contributed by atoms with van der Waals surface area (Å²) in [4.78, 5) is 30.3. The van der Waals surface area contributed by atoms with Crippen LogP contribution in [0.25, 0.3) is 5.57 Å². The number of amides is 2. The van der Waals surface area contributed by atoms with Gasteiger partial charge in [-0.25, -0.2) is 9.29 Å². The van der Waals surface area contributed by atoms with Gasteiger partial charge in [-0.2, -0.15) is 0 Å². The molecule has 0 aromatic heterocycles. The Kier molecular flexibility index (Phi) is 4.66.